The summed E-state index contributed by atoms with van der Waals surface area (Å²) in [5.74, 6) is 0. The standard InChI is InChI=1S/C7H4BrNOS/c8-4-1-2-6-5(3-4)9-7(10)11-6/h1-3H,(H,9,10). The van der Waals surface area contributed by atoms with Gasteiger partial charge < -0.3 is 4.98 Å². The van der Waals surface area contributed by atoms with E-state index in [2.05, 4.69) is 20.9 Å². The third-order valence-corrected chi connectivity index (χ3v) is 2.74. The summed E-state index contributed by atoms with van der Waals surface area (Å²) >= 11 is 4.55. The summed E-state index contributed by atoms with van der Waals surface area (Å²) in [6, 6.07) is 5.74. The molecule has 0 spiro atoms. The van der Waals surface area contributed by atoms with Gasteiger partial charge in [0.2, 0.25) is 0 Å². The van der Waals surface area contributed by atoms with Crippen molar-refractivity contribution < 1.29 is 0 Å². The summed E-state index contributed by atoms with van der Waals surface area (Å²) < 4.78 is 1.98. The molecule has 2 nitrogen and oxygen atoms in total. The molecule has 0 bridgehead atoms. The Hall–Kier alpha value is -0.610. The Bertz CT molecular complexity index is 445. The smallest absolute Gasteiger partial charge is 0.305 e. The fourth-order valence-electron chi connectivity index (χ4n) is 0.924. The first-order chi connectivity index (χ1) is 5.25. The molecular formula is C7H4BrNOS. The number of rotatable bonds is 0. The van der Waals surface area contributed by atoms with Crippen molar-refractivity contribution in [2.24, 2.45) is 0 Å². The largest absolute Gasteiger partial charge is 0.312 e. The van der Waals surface area contributed by atoms with Gasteiger partial charge in [-0.15, -0.1) is 0 Å². The molecule has 2 rings (SSSR count). The molecule has 0 saturated carbocycles. The lowest BCUT2D eigenvalue weighted by atomic mass is 10.3. The lowest BCUT2D eigenvalue weighted by Crippen LogP contribution is -1.89. The van der Waals surface area contributed by atoms with E-state index in [4.69, 9.17) is 0 Å². The van der Waals surface area contributed by atoms with E-state index in [9.17, 15) is 4.79 Å². The first kappa shape index (κ1) is 7.06. The summed E-state index contributed by atoms with van der Waals surface area (Å²) in [5.41, 5.74) is 0.898. The molecule has 1 aromatic carbocycles. The number of benzene rings is 1. The van der Waals surface area contributed by atoms with Gasteiger partial charge in [0.1, 0.15) is 0 Å². The number of hydrogen-bond donors (Lipinski definition) is 1. The van der Waals surface area contributed by atoms with Crippen LogP contribution in [0.5, 0.6) is 0 Å². The molecule has 0 aliphatic heterocycles. The van der Waals surface area contributed by atoms with E-state index in [0.717, 1.165) is 14.7 Å². The number of aromatic amines is 1. The first-order valence-corrected chi connectivity index (χ1v) is 4.65. The van der Waals surface area contributed by atoms with E-state index in [-0.39, 0.29) is 4.87 Å². The van der Waals surface area contributed by atoms with Crippen LogP contribution in [-0.2, 0) is 0 Å². The zero-order chi connectivity index (χ0) is 7.84. The molecule has 0 fully saturated rings. The maximum Gasteiger partial charge on any atom is 0.305 e. The van der Waals surface area contributed by atoms with Gasteiger partial charge in [0.15, 0.2) is 0 Å². The van der Waals surface area contributed by atoms with Crippen LogP contribution in [0.25, 0.3) is 10.2 Å². The molecule has 2 aromatic rings. The predicted octanol–water partition coefficient (Wildman–Crippen LogP) is 2.35. The van der Waals surface area contributed by atoms with E-state index in [1.54, 1.807) is 0 Å². The van der Waals surface area contributed by atoms with Crippen molar-refractivity contribution in [3.8, 4) is 0 Å². The number of aromatic nitrogens is 1. The second-order valence-electron chi connectivity index (χ2n) is 2.16. The summed E-state index contributed by atoms with van der Waals surface area (Å²) in [7, 11) is 0. The number of H-pyrrole nitrogens is 1. The Morgan fingerprint density at radius 1 is 1.45 bits per heavy atom. The monoisotopic (exact) mass is 229 g/mol. The highest BCUT2D eigenvalue weighted by atomic mass is 79.9. The lowest BCUT2D eigenvalue weighted by molar-refractivity contribution is 1.40. The average molecular weight is 230 g/mol. The maximum atomic E-state index is 10.8. The molecule has 1 heterocycles. The fourth-order valence-corrected chi connectivity index (χ4v) is 2.00. The Kier molecular flexibility index (Phi) is 1.58. The van der Waals surface area contributed by atoms with Gasteiger partial charge >= 0.3 is 4.87 Å². The summed E-state index contributed by atoms with van der Waals surface area (Å²) in [4.78, 5) is 13.6. The van der Waals surface area contributed by atoms with Gasteiger partial charge in [0, 0.05) is 4.47 Å². The molecule has 0 aliphatic rings. The van der Waals surface area contributed by atoms with Gasteiger partial charge in [-0.3, -0.25) is 4.79 Å². The highest BCUT2D eigenvalue weighted by molar-refractivity contribution is 9.10. The molecule has 4 heteroatoms. The minimum Gasteiger partial charge on any atom is -0.312 e. The molecular weight excluding hydrogens is 226 g/mol. The molecule has 0 radical (unpaired) electrons. The SMILES string of the molecule is O=c1[nH]c2cc(Br)ccc2s1. The average Bonchev–Trinajstić information content (AvgIpc) is 2.27. The van der Waals surface area contributed by atoms with Crippen LogP contribution in [0.15, 0.2) is 27.5 Å². The summed E-state index contributed by atoms with van der Waals surface area (Å²) in [6.07, 6.45) is 0. The predicted molar refractivity (Wildman–Crippen MR) is 50.1 cm³/mol. The van der Waals surface area contributed by atoms with Crippen LogP contribution in [0, 0.1) is 0 Å². The van der Waals surface area contributed by atoms with Crippen LogP contribution in [0.4, 0.5) is 0 Å². The van der Waals surface area contributed by atoms with Crippen molar-refractivity contribution in [1.82, 2.24) is 4.98 Å². The Morgan fingerprint density at radius 3 is 3.09 bits per heavy atom. The first-order valence-electron chi connectivity index (χ1n) is 3.04. The number of halogens is 1. The van der Waals surface area contributed by atoms with Crippen LogP contribution < -0.4 is 4.87 Å². The van der Waals surface area contributed by atoms with Gasteiger partial charge in [-0.2, -0.15) is 0 Å². The second-order valence-corrected chi connectivity index (χ2v) is 4.09. The molecule has 0 amide bonds. The van der Waals surface area contributed by atoms with Crippen LogP contribution >= 0.6 is 27.3 Å². The Balaban J connectivity index is 2.92. The van der Waals surface area contributed by atoms with Gasteiger partial charge in [-0.1, -0.05) is 27.3 Å². The van der Waals surface area contributed by atoms with Crippen molar-refractivity contribution in [3.63, 3.8) is 0 Å². The van der Waals surface area contributed by atoms with Gasteiger partial charge in [0.05, 0.1) is 10.2 Å². The molecule has 11 heavy (non-hydrogen) atoms. The third kappa shape index (κ3) is 1.23. The summed E-state index contributed by atoms with van der Waals surface area (Å²) in [5, 5.41) is 0. The Labute approximate surface area is 75.0 Å². The number of fused-ring (bicyclic) bond motifs is 1. The second kappa shape index (κ2) is 2.46. The molecule has 56 valence electrons. The van der Waals surface area contributed by atoms with Gasteiger partial charge in [0.25, 0.3) is 0 Å². The number of thiazole rings is 1. The Morgan fingerprint density at radius 2 is 2.27 bits per heavy atom. The normalized spacial score (nSPS) is 10.6. The van der Waals surface area contributed by atoms with Crippen molar-refractivity contribution in [1.29, 1.82) is 0 Å². The molecule has 0 unspecified atom stereocenters. The molecule has 1 N–H and O–H groups in total. The van der Waals surface area contributed by atoms with E-state index < -0.39 is 0 Å². The highest BCUT2D eigenvalue weighted by Gasteiger charge is 1.97. The van der Waals surface area contributed by atoms with E-state index in [1.807, 2.05) is 18.2 Å². The molecule has 0 aliphatic carbocycles. The minimum absolute atomic E-state index is 0.00176. The molecule has 0 saturated heterocycles. The van der Waals surface area contributed by atoms with Crippen LogP contribution in [0.2, 0.25) is 0 Å². The fraction of sp³-hybridized carbons (Fsp3) is 0. The topological polar surface area (TPSA) is 32.9 Å². The lowest BCUT2D eigenvalue weighted by Gasteiger charge is -1.87. The molecule has 0 atom stereocenters. The van der Waals surface area contributed by atoms with E-state index >= 15 is 0 Å². The van der Waals surface area contributed by atoms with E-state index in [0.29, 0.717) is 0 Å². The van der Waals surface area contributed by atoms with E-state index in [1.165, 1.54) is 11.3 Å². The minimum atomic E-state index is -0.00176. The number of nitrogens with one attached hydrogen (secondary N) is 1. The van der Waals surface area contributed by atoms with Crippen LogP contribution in [0.1, 0.15) is 0 Å². The summed E-state index contributed by atoms with van der Waals surface area (Å²) in [6.45, 7) is 0. The van der Waals surface area contributed by atoms with Gasteiger partial charge in [-0.05, 0) is 18.2 Å². The van der Waals surface area contributed by atoms with Crippen molar-refractivity contribution in [2.75, 3.05) is 0 Å². The third-order valence-electron chi connectivity index (χ3n) is 1.38. The zero-order valence-electron chi connectivity index (χ0n) is 5.43. The zero-order valence-corrected chi connectivity index (χ0v) is 7.83. The van der Waals surface area contributed by atoms with Crippen molar-refractivity contribution in [2.45, 2.75) is 0 Å². The highest BCUT2D eigenvalue weighted by Crippen LogP contribution is 2.18. The van der Waals surface area contributed by atoms with Crippen LogP contribution in [-0.4, -0.2) is 4.98 Å². The van der Waals surface area contributed by atoms with Gasteiger partial charge in [-0.25, -0.2) is 0 Å². The number of hydrogen-bond acceptors (Lipinski definition) is 2. The maximum absolute atomic E-state index is 10.8. The van der Waals surface area contributed by atoms with Crippen LogP contribution in [0.3, 0.4) is 0 Å². The van der Waals surface area contributed by atoms with Crippen molar-refractivity contribution in [3.05, 3.63) is 32.3 Å². The molecule has 1 aromatic heterocycles. The van der Waals surface area contributed by atoms with Crippen molar-refractivity contribution >= 4 is 37.5 Å². The quantitative estimate of drug-likeness (QED) is 0.740.